The van der Waals surface area contributed by atoms with Crippen LogP contribution in [0, 0.1) is 10.8 Å². The quantitative estimate of drug-likeness (QED) is 0.683. The van der Waals surface area contributed by atoms with Crippen molar-refractivity contribution in [3.05, 3.63) is 33.8 Å². The summed E-state index contributed by atoms with van der Waals surface area (Å²) in [5.41, 5.74) is 1.34. The molecule has 0 bridgehead atoms. The molecule has 2 aliphatic rings. The van der Waals surface area contributed by atoms with Crippen molar-refractivity contribution in [2.24, 2.45) is 10.8 Å². The van der Waals surface area contributed by atoms with Crippen molar-refractivity contribution < 1.29 is 4.79 Å². The molecule has 1 saturated carbocycles. The molecule has 1 aromatic rings. The lowest BCUT2D eigenvalue weighted by Gasteiger charge is -2.35. The molecule has 1 amide bonds. The van der Waals surface area contributed by atoms with Crippen LogP contribution in [-0.4, -0.2) is 48.4 Å². The van der Waals surface area contributed by atoms with E-state index in [-0.39, 0.29) is 5.91 Å². The van der Waals surface area contributed by atoms with Crippen molar-refractivity contribution in [3.63, 3.8) is 0 Å². The average molecular weight is 397 g/mol. The predicted octanol–water partition coefficient (Wildman–Crippen LogP) is 5.36. The van der Waals surface area contributed by atoms with E-state index in [0.717, 1.165) is 19.5 Å². The van der Waals surface area contributed by atoms with Gasteiger partial charge in [0.1, 0.15) is 0 Å². The van der Waals surface area contributed by atoms with Gasteiger partial charge in [0.2, 0.25) is 0 Å². The molecule has 0 radical (unpaired) electrons. The van der Waals surface area contributed by atoms with Gasteiger partial charge >= 0.3 is 0 Å². The molecule has 144 valence electrons. The summed E-state index contributed by atoms with van der Waals surface area (Å²) in [5.74, 6) is 0.0422. The molecule has 1 aliphatic carbocycles. The summed E-state index contributed by atoms with van der Waals surface area (Å²) in [4.78, 5) is 17.3. The first-order valence-corrected chi connectivity index (χ1v) is 10.3. The van der Waals surface area contributed by atoms with Crippen LogP contribution < -0.4 is 0 Å². The van der Waals surface area contributed by atoms with E-state index in [9.17, 15) is 4.79 Å². The van der Waals surface area contributed by atoms with E-state index in [1.165, 1.54) is 25.8 Å². The van der Waals surface area contributed by atoms with Gasteiger partial charge in [0.25, 0.3) is 5.91 Å². The molecule has 1 aromatic carbocycles. The number of benzene rings is 1. The van der Waals surface area contributed by atoms with Crippen LogP contribution in [0.3, 0.4) is 0 Å². The van der Waals surface area contributed by atoms with Crippen molar-refractivity contribution in [3.8, 4) is 0 Å². The molecule has 1 spiro atoms. The van der Waals surface area contributed by atoms with Crippen molar-refractivity contribution in [1.29, 1.82) is 0 Å². The topological polar surface area (TPSA) is 23.6 Å². The van der Waals surface area contributed by atoms with Gasteiger partial charge in [-0.25, -0.2) is 0 Å². The first kappa shape index (κ1) is 20.0. The average Bonchev–Trinajstić information content (AvgIpc) is 3.28. The van der Waals surface area contributed by atoms with E-state index in [1.807, 2.05) is 11.9 Å². The van der Waals surface area contributed by atoms with Crippen LogP contribution in [0.1, 0.15) is 56.8 Å². The lowest BCUT2D eigenvalue weighted by atomic mass is 9.89. The summed E-state index contributed by atoms with van der Waals surface area (Å²) in [6.07, 6.45) is 4.75. The highest BCUT2D eigenvalue weighted by Crippen LogP contribution is 2.56. The van der Waals surface area contributed by atoms with Crippen molar-refractivity contribution in [2.75, 3.05) is 26.7 Å². The summed E-state index contributed by atoms with van der Waals surface area (Å²) < 4.78 is 0. The largest absolute Gasteiger partial charge is 0.338 e. The molecule has 5 heteroatoms. The second-order valence-corrected chi connectivity index (χ2v) is 10.1. The Morgan fingerprint density at radius 1 is 1.23 bits per heavy atom. The molecule has 3 rings (SSSR count). The van der Waals surface area contributed by atoms with E-state index in [1.54, 1.807) is 18.2 Å². The Labute approximate surface area is 167 Å². The van der Waals surface area contributed by atoms with Gasteiger partial charge in [0.15, 0.2) is 0 Å². The molecule has 1 unspecified atom stereocenters. The van der Waals surface area contributed by atoms with Crippen LogP contribution in [0.25, 0.3) is 0 Å². The Morgan fingerprint density at radius 2 is 1.88 bits per heavy atom. The smallest absolute Gasteiger partial charge is 0.253 e. The van der Waals surface area contributed by atoms with Crippen LogP contribution in [0.2, 0.25) is 10.0 Å². The molecule has 1 heterocycles. The molecule has 0 aromatic heterocycles. The maximum atomic E-state index is 12.8. The van der Waals surface area contributed by atoms with Crippen molar-refractivity contribution in [2.45, 2.75) is 52.5 Å². The Morgan fingerprint density at radius 3 is 2.46 bits per heavy atom. The zero-order valence-electron chi connectivity index (χ0n) is 16.3. The normalized spacial score (nSPS) is 22.5. The Balaban J connectivity index is 1.55. The van der Waals surface area contributed by atoms with Gasteiger partial charge in [-0.05, 0) is 74.3 Å². The monoisotopic (exact) mass is 396 g/mol. The molecular weight excluding hydrogens is 367 g/mol. The van der Waals surface area contributed by atoms with Gasteiger partial charge in [-0.3, -0.25) is 4.79 Å². The number of halogens is 2. The number of carbonyl (C=O) groups is 1. The third-order valence-electron chi connectivity index (χ3n) is 6.13. The highest BCUT2D eigenvalue weighted by Gasteiger charge is 2.57. The minimum absolute atomic E-state index is 0.0422. The fourth-order valence-electron chi connectivity index (χ4n) is 4.10. The van der Waals surface area contributed by atoms with Crippen LogP contribution in [0.15, 0.2) is 18.2 Å². The number of amides is 1. The molecule has 3 nitrogen and oxygen atoms in total. The standard InChI is InChI=1S/C21H30Cl2N2O/c1-20(2,3)7-10-25-11-8-21(9-12-25)14-18(21)24(4)19(26)15-5-6-16(22)17(23)13-15/h5-6,13,18H,7-12,14H2,1-4H3. The lowest BCUT2D eigenvalue weighted by Crippen LogP contribution is -2.40. The summed E-state index contributed by atoms with van der Waals surface area (Å²) in [6.45, 7) is 10.4. The van der Waals surface area contributed by atoms with E-state index >= 15 is 0 Å². The Kier molecular flexibility index (Phi) is 5.63. The third-order valence-corrected chi connectivity index (χ3v) is 6.87. The third kappa shape index (κ3) is 4.37. The van der Waals surface area contributed by atoms with Gasteiger partial charge in [-0.1, -0.05) is 44.0 Å². The summed E-state index contributed by atoms with van der Waals surface area (Å²) in [5, 5.41) is 0.917. The van der Waals surface area contributed by atoms with E-state index < -0.39 is 0 Å². The molecular formula is C21H30Cl2N2O. The zero-order chi connectivity index (χ0) is 19.1. The summed E-state index contributed by atoms with van der Waals surface area (Å²) >= 11 is 12.0. The molecule has 1 aliphatic heterocycles. The van der Waals surface area contributed by atoms with Crippen molar-refractivity contribution >= 4 is 29.1 Å². The molecule has 1 atom stereocenters. The highest BCUT2D eigenvalue weighted by atomic mass is 35.5. The first-order valence-electron chi connectivity index (χ1n) is 9.56. The maximum Gasteiger partial charge on any atom is 0.253 e. The maximum absolute atomic E-state index is 12.8. The summed E-state index contributed by atoms with van der Waals surface area (Å²) in [7, 11) is 1.93. The van der Waals surface area contributed by atoms with E-state index in [4.69, 9.17) is 23.2 Å². The fourth-order valence-corrected chi connectivity index (χ4v) is 4.40. The Hall–Kier alpha value is -0.770. The van der Waals surface area contributed by atoms with Crippen molar-refractivity contribution in [1.82, 2.24) is 9.80 Å². The Bertz CT molecular complexity index is 675. The molecule has 2 fully saturated rings. The van der Waals surface area contributed by atoms with Gasteiger partial charge in [-0.2, -0.15) is 0 Å². The highest BCUT2D eigenvalue weighted by molar-refractivity contribution is 6.42. The molecule has 26 heavy (non-hydrogen) atoms. The second kappa shape index (κ2) is 7.33. The molecule has 0 N–H and O–H groups in total. The summed E-state index contributed by atoms with van der Waals surface area (Å²) in [6, 6.07) is 5.49. The van der Waals surface area contributed by atoms with Crippen LogP contribution in [0.4, 0.5) is 0 Å². The van der Waals surface area contributed by atoms with Crippen LogP contribution in [0.5, 0.6) is 0 Å². The molecule has 1 saturated heterocycles. The van der Waals surface area contributed by atoms with E-state index in [2.05, 4.69) is 25.7 Å². The van der Waals surface area contributed by atoms with Gasteiger partial charge in [-0.15, -0.1) is 0 Å². The SMILES string of the molecule is CN(C(=O)c1ccc(Cl)c(Cl)c1)C1CC12CCN(CCC(C)(C)C)CC2. The van der Waals surface area contributed by atoms with Gasteiger partial charge in [0.05, 0.1) is 10.0 Å². The predicted molar refractivity (Wildman–Crippen MR) is 109 cm³/mol. The number of carbonyl (C=O) groups excluding carboxylic acids is 1. The van der Waals surface area contributed by atoms with Crippen LogP contribution >= 0.6 is 23.2 Å². The fraction of sp³-hybridized carbons (Fsp3) is 0.667. The second-order valence-electron chi connectivity index (χ2n) is 9.28. The number of rotatable bonds is 4. The van der Waals surface area contributed by atoms with E-state index in [0.29, 0.717) is 32.5 Å². The number of piperidine rings is 1. The zero-order valence-corrected chi connectivity index (χ0v) is 17.8. The first-order chi connectivity index (χ1) is 12.1. The minimum atomic E-state index is 0.0422. The minimum Gasteiger partial charge on any atom is -0.338 e. The van der Waals surface area contributed by atoms with Gasteiger partial charge in [0, 0.05) is 18.7 Å². The number of hydrogen-bond acceptors (Lipinski definition) is 2. The number of hydrogen-bond donors (Lipinski definition) is 0. The van der Waals surface area contributed by atoms with Gasteiger partial charge < -0.3 is 9.80 Å². The number of likely N-dealkylation sites (tertiary alicyclic amines) is 1. The van der Waals surface area contributed by atoms with Crippen LogP contribution in [-0.2, 0) is 0 Å². The lowest BCUT2D eigenvalue weighted by molar-refractivity contribution is 0.0731. The number of nitrogens with zero attached hydrogens (tertiary/aromatic N) is 2.